The largest absolute Gasteiger partial charge is 0.491 e. The van der Waals surface area contributed by atoms with Crippen molar-refractivity contribution in [2.45, 2.75) is 25.7 Å². The molecule has 0 saturated carbocycles. The molecule has 2 unspecified atom stereocenters. The number of benzene rings is 2. The maximum atomic E-state index is 6.34. The smallest absolute Gasteiger partial charge is 0.206 e. The molecule has 1 saturated heterocycles. The number of ether oxygens (including phenoxy) is 3. The van der Waals surface area contributed by atoms with E-state index >= 15 is 0 Å². The van der Waals surface area contributed by atoms with Gasteiger partial charge in [-0.3, -0.25) is 0 Å². The standard InChI is InChI=1S/C19H19BrCl2O3/c1-12-3-4-13(2)18(7-12)23-9-15-10-24-19(11-20,25-15)16-6-5-14(21)8-17(16)22/h3-8,15H,9-11H2,1-2H3. The summed E-state index contributed by atoms with van der Waals surface area (Å²) in [5.41, 5.74) is 3.01. The number of alkyl halides is 1. The molecule has 1 heterocycles. The number of hydrogen-bond donors (Lipinski definition) is 0. The Hall–Kier alpha value is -0.780. The van der Waals surface area contributed by atoms with Crippen LogP contribution in [0.2, 0.25) is 10.0 Å². The fourth-order valence-corrected chi connectivity index (χ4v) is 3.92. The van der Waals surface area contributed by atoms with Crippen LogP contribution in [-0.4, -0.2) is 24.6 Å². The summed E-state index contributed by atoms with van der Waals surface area (Å²) in [7, 11) is 0. The Bertz CT molecular complexity index is 768. The molecule has 0 aliphatic carbocycles. The first kappa shape index (κ1) is 19.0. The van der Waals surface area contributed by atoms with E-state index in [0.717, 1.165) is 22.4 Å². The molecule has 0 N–H and O–H groups in total. The van der Waals surface area contributed by atoms with Gasteiger partial charge in [-0.05, 0) is 43.2 Å². The maximum absolute atomic E-state index is 6.34. The molecule has 25 heavy (non-hydrogen) atoms. The van der Waals surface area contributed by atoms with Gasteiger partial charge in [0.15, 0.2) is 0 Å². The second-order valence-corrected chi connectivity index (χ2v) is 7.55. The second-order valence-electron chi connectivity index (χ2n) is 6.14. The van der Waals surface area contributed by atoms with E-state index in [2.05, 4.69) is 22.0 Å². The summed E-state index contributed by atoms with van der Waals surface area (Å²) in [6, 6.07) is 11.4. The monoisotopic (exact) mass is 444 g/mol. The van der Waals surface area contributed by atoms with Crippen molar-refractivity contribution in [1.82, 2.24) is 0 Å². The van der Waals surface area contributed by atoms with Crippen molar-refractivity contribution in [3.8, 4) is 5.75 Å². The number of rotatable bonds is 5. The lowest BCUT2D eigenvalue weighted by atomic mass is 10.1. The number of hydrogen-bond acceptors (Lipinski definition) is 3. The summed E-state index contributed by atoms with van der Waals surface area (Å²) >= 11 is 15.8. The summed E-state index contributed by atoms with van der Waals surface area (Å²) in [6.07, 6.45) is -0.191. The highest BCUT2D eigenvalue weighted by Gasteiger charge is 2.44. The average molecular weight is 446 g/mol. The molecule has 3 rings (SSSR count). The Morgan fingerprint density at radius 1 is 1.20 bits per heavy atom. The van der Waals surface area contributed by atoms with Crippen molar-refractivity contribution in [2.24, 2.45) is 0 Å². The molecule has 2 aromatic rings. The van der Waals surface area contributed by atoms with Crippen molar-refractivity contribution in [1.29, 1.82) is 0 Å². The van der Waals surface area contributed by atoms with Gasteiger partial charge in [-0.1, -0.05) is 57.3 Å². The van der Waals surface area contributed by atoms with Crippen LogP contribution in [0.25, 0.3) is 0 Å². The fraction of sp³-hybridized carbons (Fsp3) is 0.368. The zero-order chi connectivity index (χ0) is 18.0. The van der Waals surface area contributed by atoms with Crippen molar-refractivity contribution in [2.75, 3.05) is 18.5 Å². The fourth-order valence-electron chi connectivity index (χ4n) is 2.77. The SMILES string of the molecule is Cc1ccc(C)c(OCC2COC(CBr)(c3ccc(Cl)cc3Cl)O2)c1. The van der Waals surface area contributed by atoms with E-state index in [-0.39, 0.29) is 6.10 Å². The molecule has 2 atom stereocenters. The predicted octanol–water partition coefficient (Wildman–Crippen LogP) is 5.65. The molecule has 1 aliphatic rings. The van der Waals surface area contributed by atoms with Gasteiger partial charge in [-0.2, -0.15) is 0 Å². The van der Waals surface area contributed by atoms with Crippen LogP contribution in [0.4, 0.5) is 0 Å². The lowest BCUT2D eigenvalue weighted by Gasteiger charge is -2.27. The third-order valence-corrected chi connectivity index (χ3v) is 5.43. The molecular formula is C19H19BrCl2O3. The van der Waals surface area contributed by atoms with Gasteiger partial charge in [0.05, 0.1) is 17.0 Å². The highest BCUT2D eigenvalue weighted by atomic mass is 79.9. The van der Waals surface area contributed by atoms with Gasteiger partial charge in [0.1, 0.15) is 18.5 Å². The highest BCUT2D eigenvalue weighted by molar-refractivity contribution is 9.09. The van der Waals surface area contributed by atoms with Crippen molar-refractivity contribution in [3.05, 3.63) is 63.1 Å². The topological polar surface area (TPSA) is 27.7 Å². The van der Waals surface area contributed by atoms with Crippen molar-refractivity contribution in [3.63, 3.8) is 0 Å². The maximum Gasteiger partial charge on any atom is 0.206 e. The van der Waals surface area contributed by atoms with Crippen LogP contribution in [-0.2, 0) is 15.3 Å². The number of aryl methyl sites for hydroxylation is 2. The number of halogens is 3. The molecule has 1 aliphatic heterocycles. The molecule has 0 amide bonds. The van der Waals surface area contributed by atoms with E-state index in [0.29, 0.717) is 28.6 Å². The van der Waals surface area contributed by atoms with Crippen LogP contribution in [0.1, 0.15) is 16.7 Å². The van der Waals surface area contributed by atoms with Gasteiger partial charge in [0, 0.05) is 10.6 Å². The molecule has 0 radical (unpaired) electrons. The van der Waals surface area contributed by atoms with E-state index in [9.17, 15) is 0 Å². The molecule has 0 aromatic heterocycles. The van der Waals surface area contributed by atoms with E-state index in [1.54, 1.807) is 12.1 Å². The zero-order valence-corrected chi connectivity index (χ0v) is 17.1. The Labute approximate surface area is 166 Å². The first-order valence-corrected chi connectivity index (χ1v) is 9.84. The lowest BCUT2D eigenvalue weighted by molar-refractivity contribution is -0.159. The van der Waals surface area contributed by atoms with Gasteiger partial charge in [0.25, 0.3) is 0 Å². The molecule has 3 nitrogen and oxygen atoms in total. The first-order chi connectivity index (χ1) is 11.9. The van der Waals surface area contributed by atoms with Crippen LogP contribution in [0, 0.1) is 13.8 Å². The molecule has 0 spiro atoms. The molecule has 1 fully saturated rings. The third-order valence-electron chi connectivity index (χ3n) is 4.15. The highest BCUT2D eigenvalue weighted by Crippen LogP contribution is 2.40. The second kappa shape index (κ2) is 7.85. The summed E-state index contributed by atoms with van der Waals surface area (Å²) in [6.45, 7) is 4.90. The van der Waals surface area contributed by atoms with Gasteiger partial charge >= 0.3 is 0 Å². The Morgan fingerprint density at radius 3 is 2.72 bits per heavy atom. The Balaban J connectivity index is 1.72. The summed E-state index contributed by atoms with van der Waals surface area (Å²) in [5.74, 6) is -0.0679. The minimum absolute atomic E-state index is 0.191. The zero-order valence-electron chi connectivity index (χ0n) is 14.0. The van der Waals surface area contributed by atoms with E-state index < -0.39 is 5.79 Å². The van der Waals surface area contributed by atoms with Crippen LogP contribution < -0.4 is 4.74 Å². The van der Waals surface area contributed by atoms with E-state index in [4.69, 9.17) is 37.4 Å². The first-order valence-electron chi connectivity index (χ1n) is 7.97. The summed E-state index contributed by atoms with van der Waals surface area (Å²) in [4.78, 5) is 0. The van der Waals surface area contributed by atoms with Crippen LogP contribution >= 0.6 is 39.1 Å². The molecule has 134 valence electrons. The van der Waals surface area contributed by atoms with Crippen LogP contribution in [0.3, 0.4) is 0 Å². The summed E-state index contributed by atoms with van der Waals surface area (Å²) in [5, 5.41) is 1.55. The Kier molecular flexibility index (Phi) is 5.96. The Morgan fingerprint density at radius 2 is 2.00 bits per heavy atom. The van der Waals surface area contributed by atoms with Gasteiger partial charge < -0.3 is 14.2 Å². The minimum atomic E-state index is -0.933. The molecule has 2 aromatic carbocycles. The summed E-state index contributed by atoms with van der Waals surface area (Å²) < 4.78 is 18.1. The molecule has 6 heteroatoms. The third kappa shape index (κ3) is 4.15. The quantitative estimate of drug-likeness (QED) is 0.556. The minimum Gasteiger partial charge on any atom is -0.491 e. The van der Waals surface area contributed by atoms with E-state index in [1.165, 1.54) is 0 Å². The molecular weight excluding hydrogens is 427 g/mol. The lowest BCUT2D eigenvalue weighted by Crippen LogP contribution is -2.31. The van der Waals surface area contributed by atoms with Crippen molar-refractivity contribution < 1.29 is 14.2 Å². The predicted molar refractivity (Wildman–Crippen MR) is 104 cm³/mol. The van der Waals surface area contributed by atoms with Gasteiger partial charge in [-0.15, -0.1) is 0 Å². The van der Waals surface area contributed by atoms with E-state index in [1.807, 2.05) is 32.0 Å². The van der Waals surface area contributed by atoms with Gasteiger partial charge in [0.2, 0.25) is 5.79 Å². The van der Waals surface area contributed by atoms with Crippen molar-refractivity contribution >= 4 is 39.1 Å². The van der Waals surface area contributed by atoms with Crippen LogP contribution in [0.5, 0.6) is 5.75 Å². The van der Waals surface area contributed by atoms with Gasteiger partial charge in [-0.25, -0.2) is 0 Å². The normalized spacial score (nSPS) is 23.0. The van der Waals surface area contributed by atoms with Crippen LogP contribution in [0.15, 0.2) is 36.4 Å². The average Bonchev–Trinajstić information content (AvgIpc) is 3.00. The molecule has 0 bridgehead atoms.